The van der Waals surface area contributed by atoms with Gasteiger partial charge < -0.3 is 20.1 Å². The maximum Gasteiger partial charge on any atom is 0.338 e. The fourth-order valence-electron chi connectivity index (χ4n) is 2.40. The lowest BCUT2D eigenvalue weighted by molar-refractivity contribution is -0.143. The van der Waals surface area contributed by atoms with Gasteiger partial charge in [0.05, 0.1) is 30.3 Å². The van der Waals surface area contributed by atoms with Crippen molar-refractivity contribution in [2.75, 3.05) is 19.0 Å². The van der Waals surface area contributed by atoms with Gasteiger partial charge in [-0.3, -0.25) is 4.79 Å². The Bertz CT molecular complexity index is 736. The predicted molar refractivity (Wildman–Crippen MR) is 103 cm³/mol. The molecule has 1 aromatic carbocycles. The molecule has 1 aliphatic heterocycles. The number of esters is 2. The standard InChI is InChI=1S/C18H21ClN2O5S/c1-3-25-17(23)16-11(2)20-18(24)21-14(16)10-26-15(22)8-9-27-13-6-4-12(19)5-7-13/h4-7,11H,3,8-10H2,1-2H3,(H2,20,21,24)/t11-/m0/s1. The van der Waals surface area contributed by atoms with E-state index in [1.54, 1.807) is 26.0 Å². The van der Waals surface area contributed by atoms with Crippen molar-refractivity contribution >= 4 is 41.3 Å². The summed E-state index contributed by atoms with van der Waals surface area (Å²) in [7, 11) is 0. The molecule has 0 fully saturated rings. The van der Waals surface area contributed by atoms with Crippen molar-refractivity contribution in [3.05, 3.63) is 40.6 Å². The summed E-state index contributed by atoms with van der Waals surface area (Å²) in [6.45, 7) is 3.36. The fraction of sp³-hybridized carbons (Fsp3) is 0.389. The van der Waals surface area contributed by atoms with Crippen LogP contribution in [0.1, 0.15) is 20.3 Å². The average molecular weight is 413 g/mol. The molecule has 0 spiro atoms. The second-order valence-corrected chi connectivity index (χ2v) is 7.25. The van der Waals surface area contributed by atoms with Crippen molar-refractivity contribution in [1.29, 1.82) is 0 Å². The second-order valence-electron chi connectivity index (χ2n) is 5.65. The lowest BCUT2D eigenvalue weighted by atomic mass is 10.0. The molecule has 1 aliphatic rings. The monoisotopic (exact) mass is 412 g/mol. The summed E-state index contributed by atoms with van der Waals surface area (Å²) in [5.74, 6) is -0.441. The number of urea groups is 1. The number of carbonyl (C=O) groups is 3. The normalized spacial score (nSPS) is 16.4. The van der Waals surface area contributed by atoms with E-state index in [1.165, 1.54) is 11.8 Å². The highest BCUT2D eigenvalue weighted by atomic mass is 35.5. The van der Waals surface area contributed by atoms with Gasteiger partial charge in [0.25, 0.3) is 0 Å². The molecule has 7 nitrogen and oxygen atoms in total. The maximum atomic E-state index is 12.1. The van der Waals surface area contributed by atoms with Crippen LogP contribution in [0.5, 0.6) is 0 Å². The molecule has 2 N–H and O–H groups in total. The quantitative estimate of drug-likeness (QED) is 0.503. The molecule has 0 radical (unpaired) electrons. The molecule has 1 aromatic rings. The predicted octanol–water partition coefficient (Wildman–Crippen LogP) is 2.88. The molecule has 0 bridgehead atoms. The van der Waals surface area contributed by atoms with E-state index in [1.807, 2.05) is 12.1 Å². The Labute approximate surface area is 166 Å². The number of benzene rings is 1. The summed E-state index contributed by atoms with van der Waals surface area (Å²) in [6, 6.07) is 6.33. The highest BCUT2D eigenvalue weighted by Gasteiger charge is 2.30. The number of ether oxygens (including phenoxy) is 2. The molecule has 2 rings (SSSR count). The van der Waals surface area contributed by atoms with E-state index in [9.17, 15) is 14.4 Å². The van der Waals surface area contributed by atoms with Crippen LogP contribution in [-0.4, -0.2) is 43.0 Å². The molecule has 27 heavy (non-hydrogen) atoms. The number of halogens is 1. The zero-order valence-corrected chi connectivity index (χ0v) is 16.6. The van der Waals surface area contributed by atoms with Crippen molar-refractivity contribution in [2.45, 2.75) is 31.2 Å². The Balaban J connectivity index is 1.88. The number of amides is 2. The average Bonchev–Trinajstić information content (AvgIpc) is 2.61. The van der Waals surface area contributed by atoms with Gasteiger partial charge in [-0.2, -0.15) is 0 Å². The van der Waals surface area contributed by atoms with Crippen molar-refractivity contribution < 1.29 is 23.9 Å². The first kappa shape index (κ1) is 21.1. The third-order valence-corrected chi connectivity index (χ3v) is 4.90. The summed E-state index contributed by atoms with van der Waals surface area (Å²) in [6.07, 6.45) is 0.192. The Morgan fingerprint density at radius 3 is 2.59 bits per heavy atom. The van der Waals surface area contributed by atoms with Crippen LogP contribution in [0.15, 0.2) is 40.4 Å². The highest BCUT2D eigenvalue weighted by molar-refractivity contribution is 7.99. The summed E-state index contributed by atoms with van der Waals surface area (Å²) >= 11 is 7.34. The Morgan fingerprint density at radius 1 is 1.22 bits per heavy atom. The number of hydrogen-bond acceptors (Lipinski definition) is 6. The fourth-order valence-corrected chi connectivity index (χ4v) is 3.36. The van der Waals surface area contributed by atoms with E-state index in [-0.39, 0.29) is 30.9 Å². The molecule has 0 aromatic heterocycles. The van der Waals surface area contributed by atoms with Gasteiger partial charge in [0.1, 0.15) is 6.61 Å². The minimum Gasteiger partial charge on any atom is -0.463 e. The molecule has 146 valence electrons. The van der Waals surface area contributed by atoms with Gasteiger partial charge in [0.2, 0.25) is 0 Å². The van der Waals surface area contributed by atoms with Crippen LogP contribution in [0.25, 0.3) is 0 Å². The van der Waals surface area contributed by atoms with Gasteiger partial charge in [0, 0.05) is 15.7 Å². The molecule has 9 heteroatoms. The van der Waals surface area contributed by atoms with Gasteiger partial charge in [-0.15, -0.1) is 11.8 Å². The van der Waals surface area contributed by atoms with Gasteiger partial charge in [-0.25, -0.2) is 9.59 Å². The molecular formula is C18H21ClN2O5S. The van der Waals surface area contributed by atoms with E-state index in [0.29, 0.717) is 10.8 Å². The third-order valence-electron chi connectivity index (χ3n) is 3.63. The molecule has 0 aliphatic carbocycles. The smallest absolute Gasteiger partial charge is 0.338 e. The Kier molecular flexibility index (Phi) is 7.99. The summed E-state index contributed by atoms with van der Waals surface area (Å²) in [4.78, 5) is 36.7. The number of thioether (sulfide) groups is 1. The SMILES string of the molecule is CCOC(=O)C1=C(COC(=O)CCSc2ccc(Cl)cc2)NC(=O)N[C@H]1C. The van der Waals surface area contributed by atoms with E-state index < -0.39 is 24.0 Å². The lowest BCUT2D eigenvalue weighted by Gasteiger charge is -2.26. The summed E-state index contributed by atoms with van der Waals surface area (Å²) in [5, 5.41) is 5.75. The molecule has 0 saturated heterocycles. The highest BCUT2D eigenvalue weighted by Crippen LogP contribution is 2.21. The van der Waals surface area contributed by atoms with Gasteiger partial charge >= 0.3 is 18.0 Å². The molecular weight excluding hydrogens is 392 g/mol. The molecule has 1 heterocycles. The van der Waals surface area contributed by atoms with Gasteiger partial charge in [-0.05, 0) is 38.1 Å². The third kappa shape index (κ3) is 6.48. The minimum absolute atomic E-state index is 0.192. The van der Waals surface area contributed by atoms with Gasteiger partial charge in [-0.1, -0.05) is 11.6 Å². The van der Waals surface area contributed by atoms with Crippen molar-refractivity contribution in [3.63, 3.8) is 0 Å². The first-order valence-corrected chi connectivity index (χ1v) is 9.78. The van der Waals surface area contributed by atoms with Crippen molar-refractivity contribution in [2.24, 2.45) is 0 Å². The lowest BCUT2D eigenvalue weighted by Crippen LogP contribution is -2.50. The van der Waals surface area contributed by atoms with Crippen LogP contribution in [-0.2, 0) is 19.1 Å². The van der Waals surface area contributed by atoms with E-state index in [0.717, 1.165) is 4.90 Å². The van der Waals surface area contributed by atoms with Gasteiger partial charge in [0.15, 0.2) is 0 Å². The van der Waals surface area contributed by atoms with Crippen molar-refractivity contribution in [3.8, 4) is 0 Å². The summed E-state index contributed by atoms with van der Waals surface area (Å²) in [5.41, 5.74) is 0.489. The van der Waals surface area contributed by atoms with Crippen molar-refractivity contribution in [1.82, 2.24) is 10.6 Å². The van der Waals surface area contributed by atoms with E-state index in [4.69, 9.17) is 21.1 Å². The van der Waals surface area contributed by atoms with Crippen LogP contribution >= 0.6 is 23.4 Å². The Hall–Kier alpha value is -2.19. The van der Waals surface area contributed by atoms with Crippen LogP contribution < -0.4 is 10.6 Å². The zero-order valence-electron chi connectivity index (χ0n) is 15.0. The first-order valence-electron chi connectivity index (χ1n) is 8.42. The van der Waals surface area contributed by atoms with Crippen LogP contribution in [0, 0.1) is 0 Å². The van der Waals surface area contributed by atoms with E-state index in [2.05, 4.69) is 10.6 Å². The first-order chi connectivity index (χ1) is 12.9. The van der Waals surface area contributed by atoms with E-state index >= 15 is 0 Å². The summed E-state index contributed by atoms with van der Waals surface area (Å²) < 4.78 is 10.2. The molecule has 2 amide bonds. The largest absolute Gasteiger partial charge is 0.463 e. The maximum absolute atomic E-state index is 12.1. The number of rotatable bonds is 8. The number of hydrogen-bond donors (Lipinski definition) is 2. The molecule has 1 atom stereocenters. The molecule has 0 saturated carbocycles. The van der Waals surface area contributed by atoms with Crippen LogP contribution in [0.2, 0.25) is 5.02 Å². The van der Waals surface area contributed by atoms with Crippen LogP contribution in [0.4, 0.5) is 4.79 Å². The topological polar surface area (TPSA) is 93.7 Å². The zero-order chi connectivity index (χ0) is 19.8. The molecule has 0 unspecified atom stereocenters. The number of carbonyl (C=O) groups excluding carboxylic acids is 3. The minimum atomic E-state index is -0.554. The number of nitrogens with one attached hydrogen (secondary N) is 2. The van der Waals surface area contributed by atoms with Crippen LogP contribution in [0.3, 0.4) is 0 Å². The Morgan fingerprint density at radius 2 is 1.93 bits per heavy atom. The second kappa shape index (κ2) is 10.2.